The second-order valence-electron chi connectivity index (χ2n) is 16.3. The normalized spacial score (nSPS) is 21.2. The van der Waals surface area contributed by atoms with Crippen molar-refractivity contribution in [2.24, 2.45) is 11.8 Å². The van der Waals surface area contributed by atoms with Gasteiger partial charge in [-0.05, 0) is 135 Å². The molecule has 11 heteroatoms. The molecule has 60 heavy (non-hydrogen) atoms. The number of hydrogen-bond acceptors (Lipinski definition) is 11. The van der Waals surface area contributed by atoms with Crippen molar-refractivity contribution in [1.82, 2.24) is 5.32 Å². The molecule has 0 bridgehead atoms. The van der Waals surface area contributed by atoms with Crippen molar-refractivity contribution in [2.75, 3.05) is 41.2 Å². The average Bonchev–Trinajstić information content (AvgIpc) is 3.76. The fourth-order valence-electron chi connectivity index (χ4n) is 9.63. The van der Waals surface area contributed by atoms with E-state index in [9.17, 15) is 20.4 Å². The van der Waals surface area contributed by atoms with E-state index in [4.69, 9.17) is 28.4 Å². The molecular weight excluding hydrogens is 763 g/mol. The highest BCUT2D eigenvalue weighted by Crippen LogP contribution is 2.55. The van der Waals surface area contributed by atoms with Crippen LogP contribution in [0.25, 0.3) is 21.9 Å². The second-order valence-corrected chi connectivity index (χ2v) is 16.3. The first kappa shape index (κ1) is 41.5. The van der Waals surface area contributed by atoms with E-state index in [0.717, 1.165) is 76.3 Å². The molecule has 11 nitrogen and oxygen atoms in total. The van der Waals surface area contributed by atoms with Crippen molar-refractivity contribution in [3.63, 3.8) is 0 Å². The number of hydrogen-bond donors (Lipinski definition) is 5. The van der Waals surface area contributed by atoms with Gasteiger partial charge in [0.05, 0.1) is 38.8 Å². The van der Waals surface area contributed by atoms with E-state index in [1.54, 1.807) is 38.5 Å². The van der Waals surface area contributed by atoms with Crippen LogP contribution in [0.15, 0.2) is 72.8 Å². The molecule has 8 rings (SSSR count). The topological polar surface area (TPSA) is 148 Å². The first-order chi connectivity index (χ1) is 29.2. The standard InChI is InChI=1S/C49H57NO10/c1-5-28-21-37(29-10-8-11-32(51)19-29)30(22-42(28)53)18-31-20-35(59-34-12-6-7-13-34)24-39-46(54)41(26-57-47(31)39)45-43(14-9-17-55-3)60-48-36-16-15-33(52)23-38(36)44(56-4)25-40(48)49(45)58-27-50-2/h8,10-11,15-16,19-25,34,41,43,45-46,49-54H,5-7,9,12-14,17-18,26-27H2,1-4H3/t41-,43-,45+,46-,49+/m1/s1. The highest BCUT2D eigenvalue weighted by atomic mass is 16.5. The van der Waals surface area contributed by atoms with Gasteiger partial charge in [0, 0.05) is 59.4 Å². The summed E-state index contributed by atoms with van der Waals surface area (Å²) in [5.41, 5.74) is 5.63. The SMILES string of the molecule is CCc1cc(-c2cccc(O)c2)c(Cc2cc(OC3CCCC3)cc3c2OC[C@H]([C@H]2[C@@H](CCCOC)Oc4c(cc(OC)c5cc(O)ccc45)[C@@H]2OCNC)[C@@H]3O)cc1O. The number of ether oxygens (including phenoxy) is 6. The fourth-order valence-corrected chi connectivity index (χ4v) is 9.63. The van der Waals surface area contributed by atoms with Gasteiger partial charge >= 0.3 is 0 Å². The molecule has 0 amide bonds. The summed E-state index contributed by atoms with van der Waals surface area (Å²) in [5.74, 6) is 2.13. The first-order valence-electron chi connectivity index (χ1n) is 21.2. The molecule has 2 heterocycles. The molecule has 1 aliphatic carbocycles. The summed E-state index contributed by atoms with van der Waals surface area (Å²) >= 11 is 0. The van der Waals surface area contributed by atoms with Gasteiger partial charge < -0.3 is 48.8 Å². The summed E-state index contributed by atoms with van der Waals surface area (Å²) in [5, 5.41) is 49.5. The van der Waals surface area contributed by atoms with Gasteiger partial charge in [-0.25, -0.2) is 0 Å². The van der Waals surface area contributed by atoms with Crippen LogP contribution >= 0.6 is 0 Å². The lowest BCUT2D eigenvalue weighted by Gasteiger charge is -2.46. The predicted molar refractivity (Wildman–Crippen MR) is 230 cm³/mol. The van der Waals surface area contributed by atoms with Gasteiger partial charge in [0.2, 0.25) is 0 Å². The molecule has 0 saturated heterocycles. The Hall–Kier alpha value is -5.20. The van der Waals surface area contributed by atoms with E-state index in [-0.39, 0.29) is 42.6 Å². The Morgan fingerprint density at radius 2 is 1.65 bits per heavy atom. The summed E-state index contributed by atoms with van der Waals surface area (Å²) in [6.45, 7) is 2.97. The van der Waals surface area contributed by atoms with Gasteiger partial charge in [-0.1, -0.05) is 19.1 Å². The van der Waals surface area contributed by atoms with Gasteiger partial charge in [0.1, 0.15) is 46.4 Å². The third kappa shape index (κ3) is 8.28. The Morgan fingerprint density at radius 3 is 2.40 bits per heavy atom. The maximum Gasteiger partial charge on any atom is 0.133 e. The zero-order valence-electron chi connectivity index (χ0n) is 34.9. The summed E-state index contributed by atoms with van der Waals surface area (Å²) in [6, 6.07) is 22.0. The van der Waals surface area contributed by atoms with Crippen molar-refractivity contribution in [3.05, 3.63) is 101 Å². The number of aromatic hydroxyl groups is 3. The summed E-state index contributed by atoms with van der Waals surface area (Å²) < 4.78 is 38.6. The van der Waals surface area contributed by atoms with E-state index < -0.39 is 24.2 Å². The molecule has 318 valence electrons. The van der Waals surface area contributed by atoms with Crippen LogP contribution in [-0.4, -0.2) is 73.8 Å². The Labute approximate surface area is 351 Å². The number of nitrogens with one attached hydrogen (secondary N) is 1. The molecule has 1 fully saturated rings. The van der Waals surface area contributed by atoms with Gasteiger partial charge in [-0.3, -0.25) is 5.32 Å². The number of aliphatic hydroxyl groups is 1. The number of phenols is 3. The minimum atomic E-state index is -0.985. The lowest BCUT2D eigenvalue weighted by atomic mass is 9.72. The first-order valence-corrected chi connectivity index (χ1v) is 21.2. The van der Waals surface area contributed by atoms with Gasteiger partial charge in [-0.15, -0.1) is 0 Å². The molecule has 5 N–H and O–H groups in total. The Kier molecular flexibility index (Phi) is 12.6. The molecule has 2 aliphatic heterocycles. The lowest BCUT2D eigenvalue weighted by Crippen LogP contribution is -2.47. The molecule has 5 aromatic rings. The van der Waals surface area contributed by atoms with Crippen LogP contribution < -0.4 is 24.3 Å². The number of benzene rings is 5. The van der Waals surface area contributed by atoms with E-state index in [1.165, 1.54) is 0 Å². The minimum Gasteiger partial charge on any atom is -0.508 e. The van der Waals surface area contributed by atoms with Crippen LogP contribution in [0.5, 0.6) is 40.2 Å². The monoisotopic (exact) mass is 819 g/mol. The van der Waals surface area contributed by atoms with Crippen LogP contribution in [0, 0.1) is 11.8 Å². The zero-order chi connectivity index (χ0) is 41.9. The van der Waals surface area contributed by atoms with E-state index >= 15 is 0 Å². The third-order valence-corrected chi connectivity index (χ3v) is 12.5. The Bertz CT molecular complexity index is 2310. The van der Waals surface area contributed by atoms with Gasteiger partial charge in [0.15, 0.2) is 0 Å². The second kappa shape index (κ2) is 18.2. The Morgan fingerprint density at radius 1 is 0.833 bits per heavy atom. The molecular formula is C49H57NO10. The summed E-state index contributed by atoms with van der Waals surface area (Å²) in [6.07, 6.45) is 4.66. The molecule has 1 saturated carbocycles. The minimum absolute atomic E-state index is 0.0727. The quantitative estimate of drug-likeness (QED) is 0.0510. The molecule has 0 radical (unpaired) electrons. The summed E-state index contributed by atoms with van der Waals surface area (Å²) in [7, 11) is 5.12. The van der Waals surface area contributed by atoms with Crippen LogP contribution in [0.1, 0.15) is 85.5 Å². The zero-order valence-corrected chi connectivity index (χ0v) is 34.9. The number of methoxy groups -OCH3 is 2. The molecule has 5 atom stereocenters. The molecule has 0 spiro atoms. The summed E-state index contributed by atoms with van der Waals surface area (Å²) in [4.78, 5) is 0. The number of aryl methyl sites for hydroxylation is 1. The van der Waals surface area contributed by atoms with Crippen LogP contribution in [-0.2, 0) is 22.3 Å². The van der Waals surface area contributed by atoms with Crippen molar-refractivity contribution in [2.45, 2.75) is 82.7 Å². The Balaban J connectivity index is 1.23. The predicted octanol–water partition coefficient (Wildman–Crippen LogP) is 8.89. The van der Waals surface area contributed by atoms with Crippen LogP contribution in [0.3, 0.4) is 0 Å². The van der Waals surface area contributed by atoms with Crippen molar-refractivity contribution < 1.29 is 48.8 Å². The largest absolute Gasteiger partial charge is 0.508 e. The van der Waals surface area contributed by atoms with Crippen molar-refractivity contribution in [3.8, 4) is 51.4 Å². The fraction of sp³-hybridized carbons (Fsp3) is 0.429. The molecule has 3 aliphatic rings. The number of fused-ring (bicyclic) bond motifs is 4. The maximum absolute atomic E-state index is 12.8. The smallest absolute Gasteiger partial charge is 0.133 e. The lowest BCUT2D eigenvalue weighted by molar-refractivity contribution is -0.115. The number of rotatable bonds is 15. The third-order valence-electron chi connectivity index (χ3n) is 12.5. The van der Waals surface area contributed by atoms with Crippen LogP contribution in [0.4, 0.5) is 0 Å². The van der Waals surface area contributed by atoms with Crippen molar-refractivity contribution >= 4 is 10.8 Å². The highest BCUT2D eigenvalue weighted by Gasteiger charge is 2.49. The van der Waals surface area contributed by atoms with Gasteiger partial charge in [-0.2, -0.15) is 0 Å². The van der Waals surface area contributed by atoms with Gasteiger partial charge in [0.25, 0.3) is 0 Å². The van der Waals surface area contributed by atoms with E-state index in [1.807, 2.05) is 62.5 Å². The molecule has 0 aromatic heterocycles. The van der Waals surface area contributed by atoms with Crippen LogP contribution in [0.2, 0.25) is 0 Å². The highest BCUT2D eigenvalue weighted by molar-refractivity contribution is 5.96. The van der Waals surface area contributed by atoms with Crippen molar-refractivity contribution in [1.29, 1.82) is 0 Å². The number of aliphatic hydroxyl groups excluding tert-OH is 1. The molecule has 5 aromatic carbocycles. The van der Waals surface area contributed by atoms with E-state index in [0.29, 0.717) is 54.4 Å². The number of phenolic OH excluding ortho intramolecular Hbond substituents is 3. The molecule has 0 unspecified atom stereocenters. The van der Waals surface area contributed by atoms with E-state index in [2.05, 4.69) is 5.32 Å². The maximum atomic E-state index is 12.8. The average molecular weight is 820 g/mol.